The molecule has 37 heavy (non-hydrogen) atoms. The number of urea groups is 1. The van der Waals surface area contributed by atoms with Crippen LogP contribution in [0.25, 0.3) is 0 Å². The maximum Gasteiger partial charge on any atom is 0.318 e. The Morgan fingerprint density at radius 3 is 2.19 bits per heavy atom. The summed E-state index contributed by atoms with van der Waals surface area (Å²) in [6.07, 6.45) is 1.96. The molecule has 0 saturated heterocycles. The number of nitrogens with zero attached hydrogens (tertiary/aromatic N) is 3. The maximum absolute atomic E-state index is 13.7. The van der Waals surface area contributed by atoms with Gasteiger partial charge in [-0.25, -0.2) is 9.18 Å². The van der Waals surface area contributed by atoms with E-state index < -0.39 is 5.54 Å². The van der Waals surface area contributed by atoms with Crippen molar-refractivity contribution in [1.82, 2.24) is 19.7 Å². The van der Waals surface area contributed by atoms with Gasteiger partial charge in [0.2, 0.25) is 5.91 Å². The van der Waals surface area contributed by atoms with Gasteiger partial charge in [-0.3, -0.25) is 4.79 Å². The van der Waals surface area contributed by atoms with Crippen LogP contribution in [0, 0.1) is 11.7 Å². The van der Waals surface area contributed by atoms with Crippen LogP contribution in [-0.4, -0.2) is 44.9 Å². The minimum Gasteiger partial charge on any atom is -0.345 e. The zero-order chi connectivity index (χ0) is 27.0. The smallest absolute Gasteiger partial charge is 0.318 e. The lowest BCUT2D eigenvalue weighted by Crippen LogP contribution is -2.52. The number of rotatable bonds is 10. The largest absolute Gasteiger partial charge is 0.345 e. The van der Waals surface area contributed by atoms with E-state index in [9.17, 15) is 14.0 Å². The van der Waals surface area contributed by atoms with Crippen molar-refractivity contribution in [2.45, 2.75) is 59.8 Å². The summed E-state index contributed by atoms with van der Waals surface area (Å²) in [7, 11) is 0. The molecule has 0 atom stereocenters. The van der Waals surface area contributed by atoms with Crippen LogP contribution in [0.5, 0.6) is 0 Å². The highest BCUT2D eigenvalue weighted by Gasteiger charge is 2.25. The Hall–Kier alpha value is -3.61. The molecule has 0 radical (unpaired) electrons. The third-order valence-corrected chi connectivity index (χ3v) is 5.79. The fourth-order valence-electron chi connectivity index (χ4n) is 4.09. The normalized spacial score (nSPS) is 11.4. The van der Waals surface area contributed by atoms with Crippen LogP contribution in [0.1, 0.15) is 51.4 Å². The van der Waals surface area contributed by atoms with Gasteiger partial charge in [-0.1, -0.05) is 56.3 Å². The van der Waals surface area contributed by atoms with E-state index in [2.05, 4.69) is 9.88 Å². The van der Waals surface area contributed by atoms with E-state index in [1.807, 2.05) is 83.3 Å². The first kappa shape index (κ1) is 28.0. The minimum atomic E-state index is -0.403. The molecule has 0 aliphatic heterocycles. The van der Waals surface area contributed by atoms with Gasteiger partial charge >= 0.3 is 6.03 Å². The van der Waals surface area contributed by atoms with Gasteiger partial charge in [0.25, 0.3) is 0 Å². The molecule has 0 aliphatic rings. The SMILES string of the molecule is CC(C)CN(CC(=O)N(Cc1ccccc1)Cc1cccn1Cc1ccc(F)cc1)C(=O)NC(C)(C)C. The van der Waals surface area contributed by atoms with Crippen molar-refractivity contribution < 1.29 is 14.0 Å². The Morgan fingerprint density at radius 2 is 1.57 bits per heavy atom. The van der Waals surface area contributed by atoms with Gasteiger partial charge in [0.15, 0.2) is 0 Å². The van der Waals surface area contributed by atoms with Gasteiger partial charge in [0.1, 0.15) is 12.4 Å². The zero-order valence-electron chi connectivity index (χ0n) is 22.6. The first-order chi connectivity index (χ1) is 17.5. The Balaban J connectivity index is 1.82. The van der Waals surface area contributed by atoms with Gasteiger partial charge in [-0.15, -0.1) is 0 Å². The lowest BCUT2D eigenvalue weighted by molar-refractivity contribution is -0.133. The second kappa shape index (κ2) is 12.6. The number of hydrogen-bond acceptors (Lipinski definition) is 2. The highest BCUT2D eigenvalue weighted by Crippen LogP contribution is 2.15. The average molecular weight is 507 g/mol. The second-order valence-corrected chi connectivity index (χ2v) is 10.9. The molecule has 3 aromatic rings. The number of benzene rings is 2. The Morgan fingerprint density at radius 1 is 0.892 bits per heavy atom. The van der Waals surface area contributed by atoms with Crippen LogP contribution in [-0.2, 0) is 24.4 Å². The molecule has 6 nitrogen and oxygen atoms in total. The highest BCUT2D eigenvalue weighted by molar-refractivity contribution is 5.84. The molecule has 0 saturated carbocycles. The van der Waals surface area contributed by atoms with Crippen molar-refractivity contribution >= 4 is 11.9 Å². The summed E-state index contributed by atoms with van der Waals surface area (Å²) < 4.78 is 15.4. The topological polar surface area (TPSA) is 57.6 Å². The van der Waals surface area contributed by atoms with Crippen molar-refractivity contribution in [3.63, 3.8) is 0 Å². The van der Waals surface area contributed by atoms with Gasteiger partial charge in [0, 0.05) is 37.1 Å². The number of halogens is 1. The van der Waals surface area contributed by atoms with Gasteiger partial charge in [-0.05, 0) is 62.1 Å². The van der Waals surface area contributed by atoms with Crippen LogP contribution < -0.4 is 5.32 Å². The standard InChI is InChI=1S/C30H39FN4O2/c1-23(2)18-35(29(37)32-30(3,4)5)22-28(36)34(20-24-10-7-6-8-11-24)21-27-12-9-17-33(27)19-25-13-15-26(31)16-14-25/h6-17,23H,18-22H2,1-5H3,(H,32,37). The minimum absolute atomic E-state index is 0.00834. The molecule has 0 bridgehead atoms. The van der Waals surface area contributed by atoms with Crippen LogP contribution in [0.3, 0.4) is 0 Å². The van der Waals surface area contributed by atoms with Crippen LogP contribution >= 0.6 is 0 Å². The molecule has 7 heteroatoms. The number of carbonyl (C=O) groups excluding carboxylic acids is 2. The number of carbonyl (C=O) groups is 2. The molecule has 1 aromatic heterocycles. The maximum atomic E-state index is 13.7. The van der Waals surface area contributed by atoms with E-state index in [1.165, 1.54) is 12.1 Å². The number of hydrogen-bond donors (Lipinski definition) is 1. The summed E-state index contributed by atoms with van der Waals surface area (Å²) in [6.45, 7) is 11.7. The summed E-state index contributed by atoms with van der Waals surface area (Å²) in [5.41, 5.74) is 2.55. The average Bonchev–Trinajstić information content (AvgIpc) is 3.25. The highest BCUT2D eigenvalue weighted by atomic mass is 19.1. The predicted molar refractivity (Wildman–Crippen MR) is 145 cm³/mol. The molecular weight excluding hydrogens is 467 g/mol. The summed E-state index contributed by atoms with van der Waals surface area (Å²) in [5, 5.41) is 2.99. The lowest BCUT2D eigenvalue weighted by Gasteiger charge is -2.31. The fourth-order valence-corrected chi connectivity index (χ4v) is 4.09. The van der Waals surface area contributed by atoms with E-state index >= 15 is 0 Å². The summed E-state index contributed by atoms with van der Waals surface area (Å²) in [4.78, 5) is 30.1. The van der Waals surface area contributed by atoms with Crippen molar-refractivity contribution in [2.75, 3.05) is 13.1 Å². The Labute approximate surface area is 220 Å². The quantitative estimate of drug-likeness (QED) is 0.385. The number of aromatic nitrogens is 1. The first-order valence-electron chi connectivity index (χ1n) is 12.8. The van der Waals surface area contributed by atoms with Gasteiger partial charge in [0.05, 0.1) is 6.54 Å². The number of amides is 3. The third-order valence-electron chi connectivity index (χ3n) is 5.79. The molecule has 0 fully saturated rings. The fraction of sp³-hybridized carbons (Fsp3) is 0.400. The van der Waals surface area contributed by atoms with E-state index in [1.54, 1.807) is 21.9 Å². The summed E-state index contributed by atoms with van der Waals surface area (Å²) >= 11 is 0. The summed E-state index contributed by atoms with van der Waals surface area (Å²) in [5.74, 6) is -0.172. The molecule has 0 aliphatic carbocycles. The Kier molecular flexibility index (Phi) is 9.50. The predicted octanol–water partition coefficient (Wildman–Crippen LogP) is 5.67. The molecule has 2 aromatic carbocycles. The molecule has 0 unspecified atom stereocenters. The van der Waals surface area contributed by atoms with Crippen molar-refractivity contribution in [3.05, 3.63) is 95.6 Å². The Bertz CT molecular complexity index is 1150. The van der Waals surface area contributed by atoms with E-state index in [0.29, 0.717) is 26.2 Å². The molecule has 3 amide bonds. The monoisotopic (exact) mass is 506 g/mol. The van der Waals surface area contributed by atoms with E-state index in [-0.39, 0.29) is 30.2 Å². The van der Waals surface area contributed by atoms with Crippen molar-refractivity contribution in [1.29, 1.82) is 0 Å². The molecular formula is C30H39FN4O2. The molecule has 1 N–H and O–H groups in total. The molecule has 0 spiro atoms. The zero-order valence-corrected chi connectivity index (χ0v) is 22.6. The van der Waals surface area contributed by atoms with Crippen molar-refractivity contribution in [2.24, 2.45) is 5.92 Å². The molecule has 1 heterocycles. The third kappa shape index (κ3) is 9.08. The first-order valence-corrected chi connectivity index (χ1v) is 12.8. The van der Waals surface area contributed by atoms with E-state index in [4.69, 9.17) is 0 Å². The second-order valence-electron chi connectivity index (χ2n) is 10.9. The molecule has 198 valence electrons. The number of nitrogens with one attached hydrogen (secondary N) is 1. The van der Waals surface area contributed by atoms with Crippen LogP contribution in [0.2, 0.25) is 0 Å². The van der Waals surface area contributed by atoms with Crippen LogP contribution in [0.4, 0.5) is 9.18 Å². The molecule has 3 rings (SSSR count). The van der Waals surface area contributed by atoms with Gasteiger partial charge < -0.3 is 19.7 Å². The van der Waals surface area contributed by atoms with Crippen molar-refractivity contribution in [3.8, 4) is 0 Å². The van der Waals surface area contributed by atoms with Crippen LogP contribution in [0.15, 0.2) is 72.9 Å². The van der Waals surface area contributed by atoms with E-state index in [0.717, 1.165) is 16.8 Å². The lowest BCUT2D eigenvalue weighted by atomic mass is 10.1. The van der Waals surface area contributed by atoms with Gasteiger partial charge in [-0.2, -0.15) is 0 Å². The summed E-state index contributed by atoms with van der Waals surface area (Å²) in [6, 6.07) is 20.0.